The van der Waals surface area contributed by atoms with Crippen molar-refractivity contribution < 1.29 is 14.3 Å². The number of rotatable bonds is 5. The summed E-state index contributed by atoms with van der Waals surface area (Å²) in [6.45, 7) is 6.92. The van der Waals surface area contributed by atoms with E-state index in [0.29, 0.717) is 29.2 Å². The van der Waals surface area contributed by atoms with Crippen LogP contribution in [-0.4, -0.2) is 52.2 Å². The van der Waals surface area contributed by atoms with Gasteiger partial charge < -0.3 is 15.0 Å². The lowest BCUT2D eigenvalue weighted by Gasteiger charge is -2.35. The monoisotopic (exact) mass is 536 g/mol. The number of aromatic nitrogens is 2. The first-order valence-electron chi connectivity index (χ1n) is 11.9. The van der Waals surface area contributed by atoms with E-state index < -0.39 is 0 Å². The van der Waals surface area contributed by atoms with Crippen molar-refractivity contribution in [1.82, 2.24) is 15.1 Å². The van der Waals surface area contributed by atoms with Crippen LogP contribution in [0.3, 0.4) is 0 Å². The van der Waals surface area contributed by atoms with Gasteiger partial charge in [0.1, 0.15) is 0 Å². The second-order valence-electron chi connectivity index (χ2n) is 9.14. The molecule has 4 aromatic rings. The summed E-state index contributed by atoms with van der Waals surface area (Å²) in [4.78, 5) is 28.9. The minimum absolute atomic E-state index is 0. The van der Waals surface area contributed by atoms with E-state index in [0.717, 1.165) is 27.7 Å². The Bertz CT molecular complexity index is 1450. The summed E-state index contributed by atoms with van der Waals surface area (Å²) in [7, 11) is 0. The number of aromatic amines is 1. The number of ether oxygens (including phenoxy) is 1. The van der Waals surface area contributed by atoms with Crippen molar-refractivity contribution in [2.45, 2.75) is 33.0 Å². The maximum atomic E-state index is 13.3. The van der Waals surface area contributed by atoms with E-state index in [1.807, 2.05) is 85.7 Å². The second-order valence-corrected chi connectivity index (χ2v) is 10.1. The fourth-order valence-corrected chi connectivity index (χ4v) is 5.35. The highest BCUT2D eigenvalue weighted by Gasteiger charge is 2.27. The van der Waals surface area contributed by atoms with Gasteiger partial charge >= 0.3 is 0 Å². The fraction of sp³-hybridized carbons (Fsp3) is 0.250. The number of para-hydroxylation sites is 1. The largest absolute Gasteiger partial charge is 0.372 e. The van der Waals surface area contributed by atoms with Crippen LogP contribution in [0.15, 0.2) is 53.9 Å². The van der Waals surface area contributed by atoms with Crippen molar-refractivity contribution in [2.75, 3.05) is 18.4 Å². The molecule has 1 saturated heterocycles. The molecule has 7 nitrogen and oxygen atoms in total. The number of halogens is 1. The molecule has 1 fully saturated rings. The molecule has 1 aliphatic rings. The zero-order chi connectivity index (χ0) is 25.2. The number of H-pyrrole nitrogens is 1. The van der Waals surface area contributed by atoms with E-state index in [4.69, 9.17) is 4.74 Å². The molecule has 37 heavy (non-hydrogen) atoms. The quantitative estimate of drug-likeness (QED) is 0.326. The van der Waals surface area contributed by atoms with Gasteiger partial charge in [0, 0.05) is 29.7 Å². The average molecular weight is 537 g/mol. The number of nitrogens with one attached hydrogen (secondary N) is 2. The predicted molar refractivity (Wildman–Crippen MR) is 152 cm³/mol. The van der Waals surface area contributed by atoms with E-state index in [-0.39, 0.29) is 36.4 Å². The van der Waals surface area contributed by atoms with Gasteiger partial charge in [-0.05, 0) is 67.6 Å². The minimum atomic E-state index is -0.194. The molecule has 2 N–H and O–H groups in total. The van der Waals surface area contributed by atoms with Gasteiger partial charge in [0.15, 0.2) is 0 Å². The molecule has 2 amide bonds. The summed E-state index contributed by atoms with van der Waals surface area (Å²) in [5.74, 6) is -0.269. The maximum absolute atomic E-state index is 13.3. The Morgan fingerprint density at radius 1 is 1.11 bits per heavy atom. The zero-order valence-corrected chi connectivity index (χ0v) is 22.5. The van der Waals surface area contributed by atoms with Gasteiger partial charge in [0.25, 0.3) is 11.8 Å². The summed E-state index contributed by atoms with van der Waals surface area (Å²) in [5.41, 5.74) is 4.55. The summed E-state index contributed by atoms with van der Waals surface area (Å²) in [5, 5.41) is 13.4. The van der Waals surface area contributed by atoms with E-state index in [1.54, 1.807) is 6.07 Å². The van der Waals surface area contributed by atoms with Gasteiger partial charge in [-0.3, -0.25) is 14.7 Å². The van der Waals surface area contributed by atoms with Gasteiger partial charge in [0.2, 0.25) is 0 Å². The number of morpholine rings is 1. The fourth-order valence-electron chi connectivity index (χ4n) is 4.53. The predicted octanol–water partition coefficient (Wildman–Crippen LogP) is 6.03. The molecule has 9 heteroatoms. The first kappa shape index (κ1) is 26.6. The van der Waals surface area contributed by atoms with Crippen LogP contribution in [0.5, 0.6) is 0 Å². The van der Waals surface area contributed by atoms with Crippen LogP contribution in [0, 0.1) is 6.92 Å². The highest BCUT2D eigenvalue weighted by atomic mass is 35.5. The van der Waals surface area contributed by atoms with E-state index in [1.165, 1.54) is 11.3 Å². The number of carbonyl (C=O) groups is 2. The number of nitrogens with zero attached hydrogens (tertiary/aromatic N) is 2. The second kappa shape index (κ2) is 11.3. The lowest BCUT2D eigenvalue weighted by molar-refractivity contribution is -0.0586. The van der Waals surface area contributed by atoms with Gasteiger partial charge in [-0.2, -0.15) is 5.10 Å². The topological polar surface area (TPSA) is 87.3 Å². The normalized spacial score (nSPS) is 17.6. The molecule has 0 aliphatic carbocycles. The highest BCUT2D eigenvalue weighted by molar-refractivity contribution is 7.12. The lowest BCUT2D eigenvalue weighted by atomic mass is 10.1. The van der Waals surface area contributed by atoms with Crippen molar-refractivity contribution >= 4 is 64.3 Å². The molecule has 0 unspecified atom stereocenters. The average Bonchev–Trinajstić information content (AvgIpc) is 3.48. The molecule has 0 saturated carbocycles. The number of carbonyl (C=O) groups excluding carboxylic acids is 2. The van der Waals surface area contributed by atoms with Crippen LogP contribution in [0.1, 0.15) is 50.7 Å². The summed E-state index contributed by atoms with van der Waals surface area (Å²) >= 11 is 1.40. The molecular weight excluding hydrogens is 508 g/mol. The highest BCUT2D eigenvalue weighted by Crippen LogP contribution is 2.26. The minimum Gasteiger partial charge on any atom is -0.372 e. The smallest absolute Gasteiger partial charge is 0.266 e. The van der Waals surface area contributed by atoms with Crippen LogP contribution in [0.2, 0.25) is 0 Å². The molecule has 0 radical (unpaired) electrons. The van der Waals surface area contributed by atoms with Crippen molar-refractivity contribution in [3.8, 4) is 0 Å². The first-order chi connectivity index (χ1) is 17.4. The summed E-state index contributed by atoms with van der Waals surface area (Å²) in [6, 6.07) is 15.3. The molecule has 2 aromatic carbocycles. The molecule has 2 aromatic heterocycles. The van der Waals surface area contributed by atoms with Crippen LogP contribution >= 0.6 is 23.7 Å². The summed E-state index contributed by atoms with van der Waals surface area (Å²) < 4.78 is 5.78. The standard InChI is InChI=1S/C28H28N4O3S.ClH/c1-17-12-13-36-26(17)27(33)29-25-14-21(28(34)32-15-18(2)35-19(3)16-32)9-8-20(25)10-11-24-22-6-4-5-7-23(22)30-31-24;/h4-14,18-19H,15-16H2,1-3H3,(H,29,33)(H,30,31);1H/b11-10+;/t18-,19+;. The third kappa shape index (κ3) is 5.77. The Balaban J connectivity index is 0.00000320. The van der Waals surface area contributed by atoms with Gasteiger partial charge in [-0.25, -0.2) is 0 Å². The number of anilines is 1. The van der Waals surface area contributed by atoms with Crippen molar-refractivity contribution in [1.29, 1.82) is 0 Å². The van der Waals surface area contributed by atoms with Crippen LogP contribution in [0.4, 0.5) is 5.69 Å². The number of aryl methyl sites for hydroxylation is 1. The Morgan fingerprint density at radius 2 is 1.86 bits per heavy atom. The molecule has 5 rings (SSSR count). The number of hydrogen-bond donors (Lipinski definition) is 2. The van der Waals surface area contributed by atoms with E-state index >= 15 is 0 Å². The number of fused-ring (bicyclic) bond motifs is 1. The van der Waals surface area contributed by atoms with E-state index in [9.17, 15) is 9.59 Å². The molecule has 3 heterocycles. The molecule has 192 valence electrons. The Labute approximate surface area is 225 Å². The first-order valence-corrected chi connectivity index (χ1v) is 12.8. The number of amides is 2. The third-order valence-electron chi connectivity index (χ3n) is 6.24. The molecule has 0 spiro atoms. The third-order valence-corrected chi connectivity index (χ3v) is 7.26. The van der Waals surface area contributed by atoms with Gasteiger partial charge in [0.05, 0.1) is 28.3 Å². The van der Waals surface area contributed by atoms with Crippen LogP contribution in [0.25, 0.3) is 23.1 Å². The van der Waals surface area contributed by atoms with Crippen molar-refractivity contribution in [3.63, 3.8) is 0 Å². The zero-order valence-electron chi connectivity index (χ0n) is 20.9. The van der Waals surface area contributed by atoms with Crippen LogP contribution in [-0.2, 0) is 4.74 Å². The lowest BCUT2D eigenvalue weighted by Crippen LogP contribution is -2.48. The number of thiophene rings is 1. The molecule has 1 aliphatic heterocycles. The molecule has 0 bridgehead atoms. The molecule has 2 atom stereocenters. The maximum Gasteiger partial charge on any atom is 0.266 e. The van der Waals surface area contributed by atoms with Crippen molar-refractivity contribution in [3.05, 3.63) is 81.2 Å². The number of benzene rings is 2. The Morgan fingerprint density at radius 3 is 2.59 bits per heavy atom. The number of hydrogen-bond acceptors (Lipinski definition) is 5. The van der Waals surface area contributed by atoms with Crippen molar-refractivity contribution in [2.24, 2.45) is 0 Å². The van der Waals surface area contributed by atoms with Gasteiger partial charge in [-0.1, -0.05) is 30.3 Å². The Kier molecular flexibility index (Phi) is 8.12. The van der Waals surface area contributed by atoms with E-state index in [2.05, 4.69) is 15.5 Å². The summed E-state index contributed by atoms with van der Waals surface area (Å²) in [6.07, 6.45) is 3.77. The Hall–Kier alpha value is -3.46. The molecular formula is C28H29ClN4O3S. The SMILES string of the molecule is Cc1ccsc1C(=O)Nc1cc(C(=O)N2C[C@@H](C)O[C@@H](C)C2)ccc1/C=C/c1n[nH]c2ccccc12.Cl. The van der Waals surface area contributed by atoms with Gasteiger partial charge in [-0.15, -0.1) is 23.7 Å². The van der Waals surface area contributed by atoms with Crippen LogP contribution < -0.4 is 5.32 Å².